The van der Waals surface area contributed by atoms with Gasteiger partial charge in [-0.15, -0.1) is 10.2 Å². The molecule has 3 rings (SSSR count). The molecule has 0 radical (unpaired) electrons. The van der Waals surface area contributed by atoms with E-state index in [0.29, 0.717) is 0 Å². The molecule has 1 heterocycles. The molecule has 0 spiro atoms. The molecule has 1 aliphatic heterocycles. The van der Waals surface area contributed by atoms with Crippen LogP contribution in [0.4, 0.5) is 17.1 Å². The molecule has 0 aromatic heterocycles. The Morgan fingerprint density at radius 3 is 2.26 bits per heavy atom. The number of azo groups is 1. The minimum Gasteiger partial charge on any atom is -0.398 e. The number of benzene rings is 2. The van der Waals surface area contributed by atoms with Crippen molar-refractivity contribution in [2.24, 2.45) is 10.2 Å². The maximum Gasteiger partial charge on any atom is 0.121 e. The quantitative estimate of drug-likeness (QED) is 0.614. The van der Waals surface area contributed by atoms with Gasteiger partial charge in [-0.05, 0) is 56.0 Å². The summed E-state index contributed by atoms with van der Waals surface area (Å²) in [4.78, 5) is 0. The predicted molar refractivity (Wildman–Crippen MR) is 79.4 cm³/mol. The van der Waals surface area contributed by atoms with Gasteiger partial charge < -0.3 is 5.73 Å². The first-order valence-corrected chi connectivity index (χ1v) is 6.42. The molecule has 0 amide bonds. The smallest absolute Gasteiger partial charge is 0.121 e. The Hall–Kier alpha value is -2.16. The van der Waals surface area contributed by atoms with E-state index in [1.807, 2.05) is 0 Å². The van der Waals surface area contributed by atoms with E-state index in [1.165, 1.54) is 16.7 Å². The van der Waals surface area contributed by atoms with Crippen LogP contribution in [0, 0.1) is 27.7 Å². The van der Waals surface area contributed by atoms with Crippen molar-refractivity contribution in [3.63, 3.8) is 0 Å². The van der Waals surface area contributed by atoms with Crippen LogP contribution in [0.5, 0.6) is 0 Å². The minimum atomic E-state index is 0.845. The Kier molecular flexibility index (Phi) is 2.45. The first kappa shape index (κ1) is 11.9. The molecule has 2 aromatic rings. The van der Waals surface area contributed by atoms with E-state index in [1.54, 1.807) is 0 Å². The molecule has 2 N–H and O–H groups in total. The molecule has 0 aliphatic carbocycles. The van der Waals surface area contributed by atoms with Gasteiger partial charge in [0.2, 0.25) is 0 Å². The first-order chi connectivity index (χ1) is 9.00. The number of hydrogen-bond donors (Lipinski definition) is 1. The van der Waals surface area contributed by atoms with Crippen molar-refractivity contribution in [3.05, 3.63) is 40.5 Å². The molecule has 0 saturated heterocycles. The average Bonchev–Trinajstić information content (AvgIpc) is 2.36. The third-order valence-corrected chi connectivity index (χ3v) is 4.11. The highest BCUT2D eigenvalue weighted by Crippen LogP contribution is 2.49. The number of rotatable bonds is 1. The van der Waals surface area contributed by atoms with E-state index >= 15 is 0 Å². The summed E-state index contributed by atoms with van der Waals surface area (Å²) < 4.78 is 0. The van der Waals surface area contributed by atoms with Gasteiger partial charge in [-0.25, -0.2) is 0 Å². The van der Waals surface area contributed by atoms with Gasteiger partial charge in [0.05, 0.1) is 0 Å². The average molecular weight is 251 g/mol. The van der Waals surface area contributed by atoms with Crippen molar-refractivity contribution < 1.29 is 0 Å². The normalized spacial score (nSPS) is 12.2. The predicted octanol–water partition coefficient (Wildman–Crippen LogP) is 4.90. The monoisotopic (exact) mass is 251 g/mol. The maximum atomic E-state index is 6.31. The fraction of sp³-hybridized carbons (Fsp3) is 0.250. The molecular formula is C16H17N3. The largest absolute Gasteiger partial charge is 0.398 e. The summed E-state index contributed by atoms with van der Waals surface area (Å²) in [6.07, 6.45) is 0. The van der Waals surface area contributed by atoms with Gasteiger partial charge in [-0.1, -0.05) is 12.1 Å². The fourth-order valence-electron chi connectivity index (χ4n) is 2.51. The standard InChI is InChI=1S/C16H17N3/c1-8-5-6-12(15(17)11(8)4)14-10(3)9(2)7-13-16(14)19-18-13/h5-7H,17H2,1-4H3. The molecule has 0 atom stereocenters. The Balaban J connectivity index is 2.34. The van der Waals surface area contributed by atoms with Crippen molar-refractivity contribution >= 4 is 17.1 Å². The molecule has 1 aliphatic rings. The highest BCUT2D eigenvalue weighted by molar-refractivity contribution is 5.94. The SMILES string of the molecule is Cc1ccc(-c2c(C)c(C)cc3c2N=N3)c(N)c1C. The Morgan fingerprint density at radius 2 is 1.63 bits per heavy atom. The zero-order valence-corrected chi connectivity index (χ0v) is 11.7. The molecular weight excluding hydrogens is 234 g/mol. The summed E-state index contributed by atoms with van der Waals surface area (Å²) in [6.45, 7) is 8.36. The minimum absolute atomic E-state index is 0.845. The third-order valence-electron chi connectivity index (χ3n) is 4.11. The third kappa shape index (κ3) is 1.58. The van der Waals surface area contributed by atoms with E-state index in [-0.39, 0.29) is 0 Å². The van der Waals surface area contributed by atoms with E-state index in [0.717, 1.165) is 33.8 Å². The molecule has 0 saturated carbocycles. The Bertz CT molecular complexity index is 728. The molecule has 0 unspecified atom stereocenters. The molecule has 2 aromatic carbocycles. The summed E-state index contributed by atoms with van der Waals surface area (Å²) >= 11 is 0. The lowest BCUT2D eigenvalue weighted by Crippen LogP contribution is -1.99. The number of nitrogens with two attached hydrogens (primary N) is 1. The van der Waals surface area contributed by atoms with Crippen LogP contribution in [0.2, 0.25) is 0 Å². The van der Waals surface area contributed by atoms with Gasteiger partial charge in [0.1, 0.15) is 11.4 Å². The van der Waals surface area contributed by atoms with Crippen LogP contribution < -0.4 is 5.73 Å². The van der Waals surface area contributed by atoms with Gasteiger partial charge in [0, 0.05) is 16.8 Å². The molecule has 0 fully saturated rings. The van der Waals surface area contributed by atoms with Crippen molar-refractivity contribution in [2.45, 2.75) is 27.7 Å². The van der Waals surface area contributed by atoms with E-state index in [2.05, 4.69) is 56.1 Å². The molecule has 3 heteroatoms. The summed E-state index contributed by atoms with van der Waals surface area (Å²) in [5.41, 5.74) is 16.1. The summed E-state index contributed by atoms with van der Waals surface area (Å²) in [6, 6.07) is 6.29. The van der Waals surface area contributed by atoms with Crippen LogP contribution >= 0.6 is 0 Å². The molecule has 0 bridgehead atoms. The number of fused-ring (bicyclic) bond motifs is 1. The maximum absolute atomic E-state index is 6.31. The van der Waals surface area contributed by atoms with Crippen LogP contribution in [-0.4, -0.2) is 0 Å². The first-order valence-electron chi connectivity index (χ1n) is 6.42. The lowest BCUT2D eigenvalue weighted by atomic mass is 9.90. The van der Waals surface area contributed by atoms with Crippen LogP contribution in [0.1, 0.15) is 22.3 Å². The van der Waals surface area contributed by atoms with Crippen LogP contribution in [0.15, 0.2) is 28.4 Å². The molecule has 19 heavy (non-hydrogen) atoms. The van der Waals surface area contributed by atoms with E-state index < -0.39 is 0 Å². The van der Waals surface area contributed by atoms with Crippen molar-refractivity contribution in [1.82, 2.24) is 0 Å². The summed E-state index contributed by atoms with van der Waals surface area (Å²) in [5.74, 6) is 0. The zero-order chi connectivity index (χ0) is 13.7. The second-order valence-electron chi connectivity index (χ2n) is 5.23. The van der Waals surface area contributed by atoms with Gasteiger partial charge in [-0.3, -0.25) is 0 Å². The Morgan fingerprint density at radius 1 is 0.895 bits per heavy atom. The second kappa shape index (κ2) is 3.92. The Labute approximate surface area is 113 Å². The van der Waals surface area contributed by atoms with Crippen LogP contribution in [-0.2, 0) is 0 Å². The topological polar surface area (TPSA) is 50.7 Å². The van der Waals surface area contributed by atoms with Crippen molar-refractivity contribution in [2.75, 3.05) is 5.73 Å². The lowest BCUT2D eigenvalue weighted by molar-refractivity contribution is 1.12. The van der Waals surface area contributed by atoms with Gasteiger partial charge in [0.25, 0.3) is 0 Å². The highest BCUT2D eigenvalue weighted by atomic mass is 15.2. The van der Waals surface area contributed by atoms with Crippen molar-refractivity contribution in [3.8, 4) is 11.1 Å². The van der Waals surface area contributed by atoms with Crippen LogP contribution in [0.25, 0.3) is 11.1 Å². The number of nitrogens with zero attached hydrogens (tertiary/aromatic N) is 2. The number of hydrogen-bond acceptors (Lipinski definition) is 3. The lowest BCUT2D eigenvalue weighted by Gasteiger charge is -2.20. The second-order valence-corrected chi connectivity index (χ2v) is 5.23. The van der Waals surface area contributed by atoms with Gasteiger partial charge in [0.15, 0.2) is 0 Å². The number of nitrogen functional groups attached to an aromatic ring is 1. The molecule has 3 nitrogen and oxygen atoms in total. The van der Waals surface area contributed by atoms with E-state index in [9.17, 15) is 0 Å². The highest BCUT2D eigenvalue weighted by Gasteiger charge is 2.22. The van der Waals surface area contributed by atoms with Crippen molar-refractivity contribution in [1.29, 1.82) is 0 Å². The summed E-state index contributed by atoms with van der Waals surface area (Å²) in [5, 5.41) is 8.25. The van der Waals surface area contributed by atoms with Gasteiger partial charge >= 0.3 is 0 Å². The van der Waals surface area contributed by atoms with Crippen LogP contribution in [0.3, 0.4) is 0 Å². The fourth-order valence-corrected chi connectivity index (χ4v) is 2.51. The zero-order valence-electron chi connectivity index (χ0n) is 11.7. The summed E-state index contributed by atoms with van der Waals surface area (Å²) in [7, 11) is 0. The number of aryl methyl sites for hydroxylation is 2. The van der Waals surface area contributed by atoms with E-state index in [4.69, 9.17) is 5.73 Å². The molecule has 96 valence electrons. The van der Waals surface area contributed by atoms with Gasteiger partial charge in [-0.2, -0.15) is 0 Å². The number of anilines is 1.